The third-order valence-corrected chi connectivity index (χ3v) is 5.90. The number of hydrogen-bond donors (Lipinski definition) is 1. The van der Waals surface area contributed by atoms with E-state index < -0.39 is 0 Å². The Morgan fingerprint density at radius 1 is 1.21 bits per heavy atom. The zero-order chi connectivity index (χ0) is 20.4. The van der Waals surface area contributed by atoms with Crippen LogP contribution in [-0.4, -0.2) is 45.6 Å². The van der Waals surface area contributed by atoms with Gasteiger partial charge in [0, 0.05) is 38.7 Å². The van der Waals surface area contributed by atoms with Crippen molar-refractivity contribution in [3.63, 3.8) is 0 Å². The predicted octanol–water partition coefficient (Wildman–Crippen LogP) is 0.845. The second-order valence-electron chi connectivity index (χ2n) is 8.00. The van der Waals surface area contributed by atoms with Gasteiger partial charge in [-0.1, -0.05) is 30.3 Å². The monoisotopic (exact) mass is 394 g/mol. The van der Waals surface area contributed by atoms with Crippen LogP contribution < -0.4 is 10.9 Å². The number of likely N-dealkylation sites (tertiary alicyclic amines) is 1. The fourth-order valence-corrected chi connectivity index (χ4v) is 4.20. The minimum absolute atomic E-state index is 0.0163. The summed E-state index contributed by atoms with van der Waals surface area (Å²) in [6, 6.07) is 11.7. The molecule has 2 atom stereocenters. The van der Waals surface area contributed by atoms with Crippen LogP contribution in [0.3, 0.4) is 0 Å². The number of carbonyl (C=O) groups excluding carboxylic acids is 2. The predicted molar refractivity (Wildman–Crippen MR) is 108 cm³/mol. The lowest BCUT2D eigenvalue weighted by molar-refractivity contribution is -0.129. The maximum absolute atomic E-state index is 12.7. The van der Waals surface area contributed by atoms with Gasteiger partial charge in [-0.25, -0.2) is 4.68 Å². The number of hydrogen-bond acceptors (Lipinski definition) is 4. The number of benzene rings is 1. The van der Waals surface area contributed by atoms with Gasteiger partial charge in [-0.15, -0.1) is 0 Å². The molecule has 0 saturated carbocycles. The Kier molecular flexibility index (Phi) is 5.47. The third kappa shape index (κ3) is 4.39. The number of aromatic nitrogens is 2. The summed E-state index contributed by atoms with van der Waals surface area (Å²) in [4.78, 5) is 38.7. The number of rotatable bonds is 5. The lowest BCUT2D eigenvalue weighted by atomic mass is 9.92. The summed E-state index contributed by atoms with van der Waals surface area (Å²) < 4.78 is 1.35. The van der Waals surface area contributed by atoms with E-state index in [4.69, 9.17) is 0 Å². The fourth-order valence-electron chi connectivity index (χ4n) is 4.20. The highest BCUT2D eigenvalue weighted by atomic mass is 16.2. The molecule has 1 aromatic carbocycles. The van der Waals surface area contributed by atoms with Crippen molar-refractivity contribution in [2.45, 2.75) is 38.1 Å². The Morgan fingerprint density at radius 2 is 2.00 bits per heavy atom. The summed E-state index contributed by atoms with van der Waals surface area (Å²) in [7, 11) is 1.65. The van der Waals surface area contributed by atoms with Gasteiger partial charge in [-0.3, -0.25) is 14.4 Å². The van der Waals surface area contributed by atoms with Crippen molar-refractivity contribution >= 4 is 11.8 Å². The van der Waals surface area contributed by atoms with Gasteiger partial charge in [0.1, 0.15) is 0 Å². The smallest absolute Gasteiger partial charge is 0.266 e. The molecular formula is C22H26N4O3. The highest BCUT2D eigenvalue weighted by Gasteiger charge is 2.35. The number of nitrogens with one attached hydrogen (secondary N) is 1. The molecule has 1 saturated heterocycles. The SMILES string of the molecule is Cn1nc2c(cc1=O)CC(NC(=O)C1CC(=O)N(CCc3ccccc3)C1)CC2. The summed E-state index contributed by atoms with van der Waals surface area (Å²) in [5.74, 6) is -0.324. The summed E-state index contributed by atoms with van der Waals surface area (Å²) in [6.07, 6.45) is 3.21. The number of amides is 2. The van der Waals surface area contributed by atoms with E-state index in [-0.39, 0.29) is 35.8 Å². The summed E-state index contributed by atoms with van der Waals surface area (Å²) in [5.41, 5.74) is 2.90. The van der Waals surface area contributed by atoms with Gasteiger partial charge in [0.15, 0.2) is 0 Å². The van der Waals surface area contributed by atoms with E-state index in [1.165, 1.54) is 10.2 Å². The molecule has 0 bridgehead atoms. The summed E-state index contributed by atoms with van der Waals surface area (Å²) >= 11 is 0. The minimum atomic E-state index is -0.304. The van der Waals surface area contributed by atoms with Crippen LogP contribution in [0.5, 0.6) is 0 Å². The summed E-state index contributed by atoms with van der Waals surface area (Å²) in [5, 5.41) is 7.41. The average molecular weight is 394 g/mol. The molecule has 4 rings (SSSR count). The highest BCUT2D eigenvalue weighted by molar-refractivity contribution is 5.89. The van der Waals surface area contributed by atoms with Gasteiger partial charge < -0.3 is 10.2 Å². The minimum Gasteiger partial charge on any atom is -0.353 e. The van der Waals surface area contributed by atoms with Crippen LogP contribution in [0.4, 0.5) is 0 Å². The number of nitrogens with zero attached hydrogens (tertiary/aromatic N) is 3. The zero-order valence-corrected chi connectivity index (χ0v) is 16.6. The van der Waals surface area contributed by atoms with Crippen molar-refractivity contribution in [2.24, 2.45) is 13.0 Å². The molecule has 7 heteroatoms. The second kappa shape index (κ2) is 8.19. The fraction of sp³-hybridized carbons (Fsp3) is 0.455. The van der Waals surface area contributed by atoms with Crippen molar-refractivity contribution in [3.05, 3.63) is 63.6 Å². The van der Waals surface area contributed by atoms with Crippen LogP contribution in [0.1, 0.15) is 29.7 Å². The van der Waals surface area contributed by atoms with Gasteiger partial charge in [0.25, 0.3) is 5.56 Å². The maximum Gasteiger partial charge on any atom is 0.266 e. The van der Waals surface area contributed by atoms with E-state index in [1.54, 1.807) is 18.0 Å². The molecule has 2 unspecified atom stereocenters. The Labute approximate surface area is 169 Å². The first-order chi connectivity index (χ1) is 14.0. The Bertz CT molecular complexity index is 970. The van der Waals surface area contributed by atoms with E-state index in [0.29, 0.717) is 19.5 Å². The van der Waals surface area contributed by atoms with E-state index in [0.717, 1.165) is 30.5 Å². The van der Waals surface area contributed by atoms with Crippen molar-refractivity contribution in [3.8, 4) is 0 Å². The molecule has 1 N–H and O–H groups in total. The van der Waals surface area contributed by atoms with Crippen molar-refractivity contribution in [1.82, 2.24) is 20.0 Å². The number of fused-ring (bicyclic) bond motifs is 1. The molecule has 29 heavy (non-hydrogen) atoms. The van der Waals surface area contributed by atoms with Crippen LogP contribution in [0, 0.1) is 5.92 Å². The van der Waals surface area contributed by atoms with E-state index in [1.807, 2.05) is 30.3 Å². The van der Waals surface area contributed by atoms with Crippen LogP contribution >= 0.6 is 0 Å². The van der Waals surface area contributed by atoms with Gasteiger partial charge >= 0.3 is 0 Å². The quantitative estimate of drug-likeness (QED) is 0.815. The molecule has 2 heterocycles. The number of carbonyl (C=O) groups is 2. The Hall–Kier alpha value is -2.96. The molecule has 1 aromatic heterocycles. The largest absolute Gasteiger partial charge is 0.353 e. The molecule has 1 aliphatic heterocycles. The highest BCUT2D eigenvalue weighted by Crippen LogP contribution is 2.21. The van der Waals surface area contributed by atoms with Gasteiger partial charge in [0.2, 0.25) is 11.8 Å². The zero-order valence-electron chi connectivity index (χ0n) is 16.6. The molecule has 152 valence electrons. The normalized spacial score (nSPS) is 21.1. The van der Waals surface area contributed by atoms with Gasteiger partial charge in [0.05, 0.1) is 11.6 Å². The number of aryl methyl sites for hydroxylation is 2. The molecule has 0 radical (unpaired) electrons. The molecule has 0 spiro atoms. The Morgan fingerprint density at radius 3 is 2.79 bits per heavy atom. The Balaban J connectivity index is 1.31. The molecular weight excluding hydrogens is 368 g/mol. The van der Waals surface area contributed by atoms with Crippen LogP contribution in [0.2, 0.25) is 0 Å². The first kappa shape index (κ1) is 19.4. The van der Waals surface area contributed by atoms with Gasteiger partial charge in [-0.05, 0) is 36.8 Å². The average Bonchev–Trinajstić information content (AvgIpc) is 3.09. The molecule has 2 aliphatic rings. The van der Waals surface area contributed by atoms with Crippen molar-refractivity contribution in [1.29, 1.82) is 0 Å². The van der Waals surface area contributed by atoms with E-state index in [2.05, 4.69) is 10.4 Å². The molecule has 7 nitrogen and oxygen atoms in total. The van der Waals surface area contributed by atoms with Crippen LogP contribution in [-0.2, 0) is 35.9 Å². The first-order valence-corrected chi connectivity index (χ1v) is 10.2. The second-order valence-corrected chi connectivity index (χ2v) is 8.00. The van der Waals surface area contributed by atoms with Crippen LogP contribution in [0.15, 0.2) is 41.2 Å². The lowest BCUT2D eigenvalue weighted by Gasteiger charge is -2.26. The third-order valence-electron chi connectivity index (χ3n) is 5.90. The first-order valence-electron chi connectivity index (χ1n) is 10.2. The topological polar surface area (TPSA) is 84.3 Å². The van der Waals surface area contributed by atoms with Gasteiger partial charge in [-0.2, -0.15) is 5.10 Å². The van der Waals surface area contributed by atoms with Crippen LogP contribution in [0.25, 0.3) is 0 Å². The maximum atomic E-state index is 12.7. The summed E-state index contributed by atoms with van der Waals surface area (Å²) in [6.45, 7) is 1.11. The van der Waals surface area contributed by atoms with Crippen molar-refractivity contribution < 1.29 is 9.59 Å². The molecule has 2 aromatic rings. The van der Waals surface area contributed by atoms with Crippen molar-refractivity contribution in [2.75, 3.05) is 13.1 Å². The molecule has 1 fully saturated rings. The molecule has 2 amide bonds. The van der Waals surface area contributed by atoms with E-state index >= 15 is 0 Å². The standard InChI is InChI=1S/C22H26N4O3/c1-25-20(27)12-16-11-18(7-8-19(16)24-25)23-22(29)17-13-21(28)26(14-17)10-9-15-5-3-2-4-6-15/h2-6,12,17-18H,7-11,13-14H2,1H3,(H,23,29). The lowest BCUT2D eigenvalue weighted by Crippen LogP contribution is -2.43. The molecule has 1 aliphatic carbocycles. The van der Waals surface area contributed by atoms with E-state index in [9.17, 15) is 14.4 Å².